The van der Waals surface area contributed by atoms with Crippen molar-refractivity contribution in [1.29, 1.82) is 0 Å². The lowest BCUT2D eigenvalue weighted by molar-refractivity contribution is 0.279. The largest absolute Gasteiger partial charge is 0.493 e. The van der Waals surface area contributed by atoms with Gasteiger partial charge in [0.2, 0.25) is 0 Å². The Morgan fingerprint density at radius 2 is 1.89 bits per heavy atom. The average molecular weight is 421 g/mol. The normalized spacial score (nSPS) is 12.0. The van der Waals surface area contributed by atoms with Gasteiger partial charge in [-0.1, -0.05) is 30.7 Å². The standard InChI is InChI=1S/C21H25ClN2O3S/c1-4-16-7-9-19(15-21(16)27-13-5-11-23(2)3)28(25,26)24-12-10-17-6-8-18(22)14-20(17)24/h6-10,12,14-15H,4-5,11,13H2,1-3H3. The fraction of sp³-hybridized carbons (Fsp3) is 0.333. The molecule has 0 atom stereocenters. The number of nitrogens with zero attached hydrogens (tertiary/aromatic N) is 2. The summed E-state index contributed by atoms with van der Waals surface area (Å²) in [7, 11) is 0.264. The molecule has 0 fully saturated rings. The summed E-state index contributed by atoms with van der Waals surface area (Å²) in [6.07, 6.45) is 3.20. The number of halogens is 1. The summed E-state index contributed by atoms with van der Waals surface area (Å²) in [5.41, 5.74) is 1.55. The van der Waals surface area contributed by atoms with E-state index in [4.69, 9.17) is 16.3 Å². The van der Waals surface area contributed by atoms with Crippen LogP contribution in [-0.4, -0.2) is 44.5 Å². The van der Waals surface area contributed by atoms with E-state index in [-0.39, 0.29) is 4.90 Å². The Hall–Kier alpha value is -2.02. The van der Waals surface area contributed by atoms with E-state index in [1.165, 1.54) is 3.97 Å². The van der Waals surface area contributed by atoms with E-state index < -0.39 is 10.0 Å². The van der Waals surface area contributed by atoms with Crippen molar-refractivity contribution in [3.63, 3.8) is 0 Å². The van der Waals surface area contributed by atoms with Crippen LogP contribution in [0, 0.1) is 0 Å². The molecule has 1 aromatic heterocycles. The van der Waals surface area contributed by atoms with Gasteiger partial charge in [0.05, 0.1) is 17.0 Å². The van der Waals surface area contributed by atoms with Gasteiger partial charge in [-0.15, -0.1) is 0 Å². The van der Waals surface area contributed by atoms with E-state index in [1.54, 1.807) is 36.5 Å². The molecule has 0 amide bonds. The van der Waals surface area contributed by atoms with Crippen molar-refractivity contribution >= 4 is 32.5 Å². The van der Waals surface area contributed by atoms with Crippen LogP contribution in [0.25, 0.3) is 10.9 Å². The fourth-order valence-electron chi connectivity index (χ4n) is 3.08. The molecule has 1 heterocycles. The Morgan fingerprint density at radius 1 is 1.11 bits per heavy atom. The van der Waals surface area contributed by atoms with Gasteiger partial charge in [-0.2, -0.15) is 0 Å². The molecule has 0 spiro atoms. The number of rotatable bonds is 8. The maximum atomic E-state index is 13.2. The van der Waals surface area contributed by atoms with Gasteiger partial charge in [0.1, 0.15) is 5.75 Å². The van der Waals surface area contributed by atoms with Crippen LogP contribution in [0.2, 0.25) is 5.02 Å². The third-order valence-electron chi connectivity index (χ3n) is 4.60. The summed E-state index contributed by atoms with van der Waals surface area (Å²) in [6.45, 7) is 3.48. The van der Waals surface area contributed by atoms with Gasteiger partial charge in [-0.05, 0) is 56.8 Å². The molecule has 0 aliphatic carbocycles. The van der Waals surface area contributed by atoms with Crippen molar-refractivity contribution < 1.29 is 13.2 Å². The van der Waals surface area contributed by atoms with Crippen molar-refractivity contribution in [2.75, 3.05) is 27.2 Å². The molecule has 3 aromatic rings. The molecule has 28 heavy (non-hydrogen) atoms. The third-order valence-corrected chi connectivity index (χ3v) is 6.52. The maximum Gasteiger partial charge on any atom is 0.268 e. The second-order valence-electron chi connectivity index (χ2n) is 6.95. The first-order valence-electron chi connectivity index (χ1n) is 9.25. The lowest BCUT2D eigenvalue weighted by atomic mass is 10.1. The number of ether oxygens (including phenoxy) is 1. The van der Waals surface area contributed by atoms with E-state index in [0.717, 1.165) is 30.3 Å². The summed E-state index contributed by atoms with van der Waals surface area (Å²) >= 11 is 6.07. The molecule has 0 saturated heterocycles. The van der Waals surface area contributed by atoms with E-state index >= 15 is 0 Å². The lowest BCUT2D eigenvalue weighted by Crippen LogP contribution is -2.16. The zero-order valence-electron chi connectivity index (χ0n) is 16.4. The molecular weight excluding hydrogens is 396 g/mol. The SMILES string of the molecule is CCc1ccc(S(=O)(=O)n2ccc3ccc(Cl)cc32)cc1OCCCN(C)C. The Labute approximate surface area is 171 Å². The highest BCUT2D eigenvalue weighted by molar-refractivity contribution is 7.90. The second kappa shape index (κ2) is 8.55. The highest BCUT2D eigenvalue weighted by atomic mass is 35.5. The van der Waals surface area contributed by atoms with Gasteiger partial charge in [0.15, 0.2) is 0 Å². The number of hydrogen-bond donors (Lipinski definition) is 0. The summed E-state index contributed by atoms with van der Waals surface area (Å²) in [4.78, 5) is 2.29. The predicted molar refractivity (Wildman–Crippen MR) is 114 cm³/mol. The number of fused-ring (bicyclic) bond motifs is 1. The summed E-state index contributed by atoms with van der Waals surface area (Å²) in [5.74, 6) is 0.622. The second-order valence-corrected chi connectivity index (χ2v) is 9.20. The van der Waals surface area contributed by atoms with Gasteiger partial charge in [-0.25, -0.2) is 12.4 Å². The van der Waals surface area contributed by atoms with Crippen LogP contribution >= 0.6 is 11.6 Å². The van der Waals surface area contributed by atoms with Crippen LogP contribution in [0.15, 0.2) is 53.6 Å². The van der Waals surface area contributed by atoms with Gasteiger partial charge in [-0.3, -0.25) is 0 Å². The molecule has 0 aliphatic rings. The Morgan fingerprint density at radius 3 is 2.61 bits per heavy atom. The van der Waals surface area contributed by atoms with Crippen molar-refractivity contribution in [1.82, 2.24) is 8.87 Å². The lowest BCUT2D eigenvalue weighted by Gasteiger charge is -2.15. The predicted octanol–water partition coefficient (Wildman–Crippen LogP) is 4.42. The highest BCUT2D eigenvalue weighted by Gasteiger charge is 2.21. The number of aryl methyl sites for hydroxylation is 1. The van der Waals surface area contributed by atoms with Crippen LogP contribution in [0.1, 0.15) is 18.9 Å². The van der Waals surface area contributed by atoms with E-state index in [0.29, 0.717) is 22.9 Å². The Kier molecular flexibility index (Phi) is 6.33. The minimum absolute atomic E-state index is 0.199. The van der Waals surface area contributed by atoms with E-state index in [9.17, 15) is 8.42 Å². The molecule has 0 N–H and O–H groups in total. The molecule has 0 radical (unpaired) electrons. The fourth-order valence-corrected chi connectivity index (χ4v) is 4.61. The van der Waals surface area contributed by atoms with Crippen molar-refractivity contribution in [2.45, 2.75) is 24.7 Å². The molecular formula is C21H25ClN2O3S. The Balaban J connectivity index is 1.95. The highest BCUT2D eigenvalue weighted by Crippen LogP contribution is 2.28. The van der Waals surface area contributed by atoms with Gasteiger partial charge in [0.25, 0.3) is 10.0 Å². The van der Waals surface area contributed by atoms with Crippen LogP contribution < -0.4 is 4.74 Å². The Bertz CT molecular complexity index is 1070. The molecule has 150 valence electrons. The average Bonchev–Trinajstić information content (AvgIpc) is 3.08. The first kappa shape index (κ1) is 20.7. The quantitative estimate of drug-likeness (QED) is 0.506. The molecule has 0 saturated carbocycles. The van der Waals surface area contributed by atoms with E-state index in [2.05, 4.69) is 4.90 Å². The maximum absolute atomic E-state index is 13.2. The summed E-state index contributed by atoms with van der Waals surface area (Å²) in [6, 6.07) is 12.1. The molecule has 5 nitrogen and oxygen atoms in total. The topological polar surface area (TPSA) is 51.5 Å². The molecule has 7 heteroatoms. The zero-order chi connectivity index (χ0) is 20.3. The van der Waals surface area contributed by atoms with Gasteiger partial charge < -0.3 is 9.64 Å². The molecule has 0 aliphatic heterocycles. The first-order chi connectivity index (χ1) is 13.3. The van der Waals surface area contributed by atoms with Crippen LogP contribution in [0.4, 0.5) is 0 Å². The zero-order valence-corrected chi connectivity index (χ0v) is 17.9. The van der Waals surface area contributed by atoms with Crippen molar-refractivity contribution in [2.24, 2.45) is 0 Å². The van der Waals surface area contributed by atoms with Crippen LogP contribution in [-0.2, 0) is 16.4 Å². The van der Waals surface area contributed by atoms with Crippen molar-refractivity contribution in [3.05, 3.63) is 59.2 Å². The van der Waals surface area contributed by atoms with Crippen LogP contribution in [0.5, 0.6) is 5.75 Å². The summed E-state index contributed by atoms with van der Waals surface area (Å²) < 4.78 is 33.7. The molecule has 0 bridgehead atoms. The van der Waals surface area contributed by atoms with E-state index in [1.807, 2.05) is 33.2 Å². The summed E-state index contributed by atoms with van der Waals surface area (Å²) in [5, 5.41) is 1.31. The van der Waals surface area contributed by atoms with Crippen molar-refractivity contribution in [3.8, 4) is 5.75 Å². The smallest absolute Gasteiger partial charge is 0.268 e. The molecule has 3 rings (SSSR count). The van der Waals surface area contributed by atoms with Gasteiger partial charge in [0, 0.05) is 29.2 Å². The minimum atomic E-state index is -3.76. The molecule has 2 aromatic carbocycles. The molecule has 0 unspecified atom stereocenters. The number of aromatic nitrogens is 1. The van der Waals surface area contributed by atoms with Crippen LogP contribution in [0.3, 0.4) is 0 Å². The third kappa shape index (κ3) is 4.35. The number of hydrogen-bond acceptors (Lipinski definition) is 4. The first-order valence-corrected chi connectivity index (χ1v) is 11.1. The van der Waals surface area contributed by atoms with Gasteiger partial charge >= 0.3 is 0 Å². The number of benzene rings is 2. The monoisotopic (exact) mass is 420 g/mol. The minimum Gasteiger partial charge on any atom is -0.493 e.